The quantitative estimate of drug-likeness (QED) is 0.0791. The van der Waals surface area contributed by atoms with E-state index in [0.717, 1.165) is 0 Å². The monoisotopic (exact) mass is 1970 g/mol. The molecule has 0 bridgehead atoms. The summed E-state index contributed by atoms with van der Waals surface area (Å²) in [6.07, 6.45) is 0. The van der Waals surface area contributed by atoms with Gasteiger partial charge in [-0.1, -0.05) is 0 Å². The van der Waals surface area contributed by atoms with Crippen LogP contribution in [0.4, 0.5) is 0 Å². The van der Waals surface area contributed by atoms with E-state index in [2.05, 4.69) is 0 Å². The van der Waals surface area contributed by atoms with Crippen molar-refractivity contribution in [2.75, 3.05) is 0 Å². The molecule has 95 heteroatoms. The zero-order valence-corrected chi connectivity index (χ0v) is 95.0. The maximum atomic E-state index is 8.67. The Balaban J connectivity index is -0.0000000120. The Hall–Kier alpha value is 16.4. The molecule has 0 saturated carbocycles. The van der Waals surface area contributed by atoms with E-state index in [4.69, 9.17) is 266 Å². The van der Waals surface area contributed by atoms with E-state index in [-0.39, 0.29) is 443 Å². The summed E-state index contributed by atoms with van der Waals surface area (Å²) in [5.41, 5.74) is 0. The van der Waals surface area contributed by atoms with Crippen LogP contribution in [-0.4, -0.2) is 266 Å². The van der Waals surface area contributed by atoms with E-state index in [1.807, 2.05) is 0 Å². The SMILES string of the molecule is O=S(O)O.O=S(O)O.O=S(O)O.O=S(O)O.O=S(O)O.O=S(O)O.O=S(O)O.O=S(O)O.O=S(O)O.O=S(O)O.O=S(O)O.O=S(O)O.O=S([O-])O.O=S([O-])[O-].O=S([O-])[O-].O=S([O-])[O-].O=S([O-])[O-].O=S([O-])[O-].O=S([O-])[O-].O=S([O-])[O-].[Na+].[Na+].[Na+].[Na+].[Na+].[Na+].[Na+].[Na+].[Na+].[Na+].[Na+].[Na+].[Na+].[Na+].[Na+]. The van der Waals surface area contributed by atoms with Gasteiger partial charge >= 0.3 is 443 Å². The van der Waals surface area contributed by atoms with Gasteiger partial charge in [0.25, 0.3) is 136 Å². The van der Waals surface area contributed by atoms with Crippen molar-refractivity contribution in [1.82, 2.24) is 0 Å². The van der Waals surface area contributed by atoms with E-state index >= 15 is 0 Å². The summed E-state index contributed by atoms with van der Waals surface area (Å²) >= 11 is -56.0. The molecule has 0 amide bonds. The molecule has 25 N–H and O–H groups in total. The van der Waals surface area contributed by atoms with Crippen molar-refractivity contribution in [3.05, 3.63) is 0 Å². The first-order chi connectivity index (χ1) is 34.6. The van der Waals surface area contributed by atoms with Crippen LogP contribution in [0, 0.1) is 0 Å². The van der Waals surface area contributed by atoms with Gasteiger partial charge < -0.3 is 72.8 Å². The fourth-order valence-electron chi connectivity index (χ4n) is 0. The van der Waals surface area contributed by atoms with E-state index in [0.29, 0.717) is 0 Å². The van der Waals surface area contributed by atoms with Gasteiger partial charge in [-0.25, -0.2) is 4.21 Å². The molecule has 0 aromatic carbocycles. The molecule has 0 heterocycles. The van der Waals surface area contributed by atoms with E-state index in [1.165, 1.54) is 0 Å². The van der Waals surface area contributed by atoms with Crippen molar-refractivity contribution in [2.45, 2.75) is 0 Å². The Morgan fingerprint density at radius 3 is 0.116 bits per heavy atom. The third kappa shape index (κ3) is 4820. The summed E-state index contributed by atoms with van der Waals surface area (Å²) in [5, 5.41) is 0. The average molecular weight is 1970 g/mol. The Kier molecular flexibility index (Phi) is 554. The average Bonchev–Trinajstić information content (AvgIpc) is 2.99. The summed E-state index contributed by atoms with van der Waals surface area (Å²) < 4.78 is 475. The molecule has 0 aliphatic heterocycles. The molecule has 0 fully saturated rings. The third-order valence-corrected chi connectivity index (χ3v) is 0. The summed E-state index contributed by atoms with van der Waals surface area (Å²) in [6, 6.07) is 0. The Morgan fingerprint density at radius 2 is 0.116 bits per heavy atom. The zero-order chi connectivity index (χ0) is 71.5. The van der Waals surface area contributed by atoms with Crippen LogP contribution in [0.3, 0.4) is 0 Å². The molecule has 0 aromatic rings. The van der Waals surface area contributed by atoms with E-state index in [1.54, 1.807) is 0 Å². The third-order valence-electron chi connectivity index (χ3n) is 0. The molecule has 0 radical (unpaired) electrons. The van der Waals surface area contributed by atoms with Gasteiger partial charge in [0.2, 0.25) is 0 Å². The summed E-state index contributed by atoms with van der Waals surface area (Å²) in [7, 11) is 0. The van der Waals surface area contributed by atoms with Crippen molar-refractivity contribution in [3.63, 3.8) is 0 Å². The first-order valence-electron chi connectivity index (χ1n) is 10.4. The smallest absolute Gasteiger partial charge is 0.784 e. The maximum absolute atomic E-state index is 8.67. The summed E-state index contributed by atoms with van der Waals surface area (Å²) in [5.74, 6) is 0. The van der Waals surface area contributed by atoms with Gasteiger partial charge in [0.1, 0.15) is 0 Å². The van der Waals surface area contributed by atoms with Crippen molar-refractivity contribution >= 4 is 227 Å². The fourth-order valence-corrected chi connectivity index (χ4v) is 0. The van der Waals surface area contributed by atoms with Gasteiger partial charge in [-0.3, -0.25) is 139 Å². The number of hydrogen-bond acceptors (Lipinski definition) is 35. The standard InChI is InChI=1S/15Na.20H2O3S/c;;;;;;;;;;;;;;;20*1-4(2)3/h;;;;;;;;;;;;;;;20*(H2,1,2,3)/q15*+1;;;;;;;;;;;;;;;;;;;;/p-15. The van der Waals surface area contributed by atoms with E-state index in [9.17, 15) is 0 Å². The molecule has 0 aliphatic carbocycles. The van der Waals surface area contributed by atoms with Gasteiger partial charge in [0.05, 0.1) is 11.4 Å². The number of rotatable bonds is 0. The van der Waals surface area contributed by atoms with Gasteiger partial charge in [-0.2, -0.15) is 50.5 Å². The zero-order valence-electron chi connectivity index (χ0n) is 48.6. The molecule has 95 heavy (non-hydrogen) atoms. The Bertz CT molecular complexity index is 1100. The van der Waals surface area contributed by atoms with Crippen molar-refractivity contribution < 1.29 is 710 Å². The second kappa shape index (κ2) is 226. The van der Waals surface area contributed by atoms with Crippen LogP contribution < -0.4 is 443 Å². The van der Waals surface area contributed by atoms with Crippen LogP contribution in [0.5, 0.6) is 0 Å². The van der Waals surface area contributed by atoms with Crippen LogP contribution in [0.2, 0.25) is 0 Å². The topological polar surface area (TPSA) is 1190 Å². The molecule has 0 rings (SSSR count). The van der Waals surface area contributed by atoms with Gasteiger partial charge in [0.15, 0.2) is 0 Å². The van der Waals surface area contributed by atoms with Crippen LogP contribution in [0.15, 0.2) is 0 Å². The summed E-state index contributed by atoms with van der Waals surface area (Å²) in [4.78, 5) is 0. The summed E-state index contributed by atoms with van der Waals surface area (Å²) in [6.45, 7) is 0. The van der Waals surface area contributed by atoms with E-state index < -0.39 is 227 Å². The Morgan fingerprint density at radius 1 is 0.116 bits per heavy atom. The van der Waals surface area contributed by atoms with Crippen molar-refractivity contribution in [1.29, 1.82) is 0 Å². The molecule has 0 spiro atoms. The molecule has 1 unspecified atom stereocenters. The first kappa shape index (κ1) is 233. The van der Waals surface area contributed by atoms with Crippen LogP contribution in [0.25, 0.3) is 0 Å². The molecule has 0 saturated heterocycles. The number of hydrogen-bond donors (Lipinski definition) is 25. The Labute approximate surface area is 915 Å². The maximum Gasteiger partial charge on any atom is 1.00 e. The fraction of sp³-hybridized carbons (Fsp3) is 0. The minimum Gasteiger partial charge on any atom is -0.784 e. The molecular weight excluding hydrogens is 1950 g/mol. The van der Waals surface area contributed by atoms with Crippen LogP contribution in [0.1, 0.15) is 0 Å². The van der Waals surface area contributed by atoms with Crippen molar-refractivity contribution in [3.8, 4) is 0 Å². The molecular formula is H25Na15O60S20. The van der Waals surface area contributed by atoms with Crippen LogP contribution >= 0.6 is 0 Å². The minimum absolute atomic E-state index is 0. The molecule has 0 aliphatic rings. The van der Waals surface area contributed by atoms with Crippen LogP contribution in [-0.2, 0) is 227 Å². The molecule has 60 nitrogen and oxygen atoms in total. The van der Waals surface area contributed by atoms with Gasteiger partial charge in [0, 0.05) is 0 Å². The predicted molar refractivity (Wildman–Crippen MR) is 240 cm³/mol. The predicted octanol–water partition coefficient (Wildman–Crippen LogP) is -56.5. The van der Waals surface area contributed by atoms with Gasteiger partial charge in [-0.05, 0) is 0 Å². The second-order valence-corrected chi connectivity index (χ2v) is 13.2. The largest absolute Gasteiger partial charge is 1.00 e. The van der Waals surface area contributed by atoms with Crippen molar-refractivity contribution in [2.24, 2.45) is 0 Å². The van der Waals surface area contributed by atoms with Gasteiger partial charge in [-0.15, -0.1) is 79.5 Å². The molecule has 1 atom stereocenters. The second-order valence-electron chi connectivity index (χ2n) is 4.41. The minimum atomic E-state index is -3.11. The molecule has 0 aromatic heterocycles. The molecule has 520 valence electrons. The normalized spacial score (nSPS) is 7.65. The first-order valence-corrected chi connectivity index (χ1v) is 31.2.